The molecule has 0 atom stereocenters. The minimum absolute atomic E-state index is 0.0800. The molecule has 0 heterocycles. The van der Waals surface area contributed by atoms with E-state index in [1.54, 1.807) is 0 Å². The molecule has 19 heavy (non-hydrogen) atoms. The van der Waals surface area contributed by atoms with Crippen LogP contribution in [0.2, 0.25) is 0 Å². The van der Waals surface area contributed by atoms with E-state index in [1.165, 1.54) is 12.8 Å². The molecule has 1 fully saturated rings. The summed E-state index contributed by atoms with van der Waals surface area (Å²) in [4.78, 5) is 23.3. The van der Waals surface area contributed by atoms with Crippen LogP contribution in [-0.2, 0) is 16.1 Å². The van der Waals surface area contributed by atoms with Crippen molar-refractivity contribution in [2.75, 3.05) is 0 Å². The summed E-state index contributed by atoms with van der Waals surface area (Å²) in [7, 11) is 0. The quantitative estimate of drug-likeness (QED) is 0.792. The molecule has 0 aliphatic heterocycles. The zero-order valence-electron chi connectivity index (χ0n) is 11.0. The summed E-state index contributed by atoms with van der Waals surface area (Å²) in [6.45, 7) is 0.469. The first-order valence-electron chi connectivity index (χ1n) is 6.84. The van der Waals surface area contributed by atoms with Gasteiger partial charge in [-0.3, -0.25) is 9.59 Å². The molecule has 0 bridgehead atoms. The molecule has 0 radical (unpaired) electrons. The van der Waals surface area contributed by atoms with E-state index >= 15 is 0 Å². The molecule has 4 nitrogen and oxygen atoms in total. The van der Waals surface area contributed by atoms with E-state index in [1.807, 2.05) is 30.3 Å². The van der Waals surface area contributed by atoms with Crippen LogP contribution in [-0.4, -0.2) is 17.9 Å². The van der Waals surface area contributed by atoms with Gasteiger partial charge in [0.25, 0.3) is 0 Å². The minimum atomic E-state index is -0.223. The third-order valence-corrected chi connectivity index (χ3v) is 3.37. The van der Waals surface area contributed by atoms with Gasteiger partial charge < -0.3 is 10.6 Å². The molecule has 0 spiro atoms. The smallest absolute Gasteiger partial charge is 0.229 e. The number of hydrogen-bond acceptors (Lipinski definition) is 2. The molecule has 1 aromatic rings. The van der Waals surface area contributed by atoms with E-state index in [9.17, 15) is 9.59 Å². The standard InChI is InChI=1S/C15H20N2O2/c18-14(16-11-12-6-2-1-3-7-12)10-15(19)17-13-8-4-5-9-13/h1-3,6-7,13H,4-5,8-11H2,(H,16,18)(H,17,19). The van der Waals surface area contributed by atoms with E-state index in [-0.39, 0.29) is 24.3 Å². The molecular formula is C15H20N2O2. The van der Waals surface area contributed by atoms with Gasteiger partial charge in [-0.25, -0.2) is 0 Å². The Morgan fingerprint density at radius 2 is 1.74 bits per heavy atom. The van der Waals surface area contributed by atoms with Crippen LogP contribution >= 0.6 is 0 Å². The van der Waals surface area contributed by atoms with Crippen LogP contribution in [0.5, 0.6) is 0 Å². The number of rotatable bonds is 5. The van der Waals surface area contributed by atoms with Crippen molar-refractivity contribution in [2.45, 2.75) is 44.7 Å². The highest BCUT2D eigenvalue weighted by Crippen LogP contribution is 2.17. The highest BCUT2D eigenvalue weighted by Gasteiger charge is 2.18. The Kier molecular flexibility index (Phi) is 4.95. The molecule has 1 aromatic carbocycles. The highest BCUT2D eigenvalue weighted by molar-refractivity contribution is 5.96. The molecular weight excluding hydrogens is 240 g/mol. The average molecular weight is 260 g/mol. The molecule has 1 aliphatic rings. The fraction of sp³-hybridized carbons (Fsp3) is 0.467. The number of carbonyl (C=O) groups is 2. The lowest BCUT2D eigenvalue weighted by molar-refractivity contribution is -0.129. The van der Waals surface area contributed by atoms with Crippen molar-refractivity contribution < 1.29 is 9.59 Å². The van der Waals surface area contributed by atoms with E-state index in [0.717, 1.165) is 18.4 Å². The van der Waals surface area contributed by atoms with Gasteiger partial charge in [0, 0.05) is 12.6 Å². The lowest BCUT2D eigenvalue weighted by Crippen LogP contribution is -2.36. The summed E-state index contributed by atoms with van der Waals surface area (Å²) in [6, 6.07) is 9.94. The Balaban J connectivity index is 1.67. The number of carbonyl (C=O) groups excluding carboxylic acids is 2. The lowest BCUT2D eigenvalue weighted by Gasteiger charge is -2.11. The molecule has 2 N–H and O–H groups in total. The van der Waals surface area contributed by atoms with Crippen LogP contribution in [0.1, 0.15) is 37.7 Å². The van der Waals surface area contributed by atoms with E-state index < -0.39 is 0 Å². The van der Waals surface area contributed by atoms with Crippen molar-refractivity contribution in [1.29, 1.82) is 0 Å². The summed E-state index contributed by atoms with van der Waals surface area (Å²) in [5.41, 5.74) is 1.03. The third kappa shape index (κ3) is 4.73. The van der Waals surface area contributed by atoms with Crippen molar-refractivity contribution in [3.63, 3.8) is 0 Å². The Morgan fingerprint density at radius 1 is 1.05 bits per heavy atom. The average Bonchev–Trinajstić information content (AvgIpc) is 2.90. The van der Waals surface area contributed by atoms with Crippen LogP contribution in [0.25, 0.3) is 0 Å². The van der Waals surface area contributed by atoms with Gasteiger partial charge in [-0.15, -0.1) is 0 Å². The van der Waals surface area contributed by atoms with Crippen molar-refractivity contribution in [3.05, 3.63) is 35.9 Å². The minimum Gasteiger partial charge on any atom is -0.353 e. The maximum atomic E-state index is 11.6. The highest BCUT2D eigenvalue weighted by atomic mass is 16.2. The lowest BCUT2D eigenvalue weighted by atomic mass is 10.2. The summed E-state index contributed by atoms with van der Waals surface area (Å²) in [5, 5.41) is 5.66. The van der Waals surface area contributed by atoms with Crippen LogP contribution in [0, 0.1) is 0 Å². The van der Waals surface area contributed by atoms with Gasteiger partial charge in [-0.2, -0.15) is 0 Å². The Labute approximate surface area is 113 Å². The number of amides is 2. The second kappa shape index (κ2) is 6.92. The van der Waals surface area contributed by atoms with Gasteiger partial charge in [0.1, 0.15) is 6.42 Å². The summed E-state index contributed by atoms with van der Waals surface area (Å²) >= 11 is 0. The zero-order chi connectivity index (χ0) is 13.5. The molecule has 0 aromatic heterocycles. The fourth-order valence-electron chi connectivity index (χ4n) is 2.35. The second-order valence-electron chi connectivity index (χ2n) is 4.99. The Bertz CT molecular complexity index is 425. The first kappa shape index (κ1) is 13.6. The SMILES string of the molecule is O=C(CC(=O)NC1CCCC1)NCc1ccccc1. The Morgan fingerprint density at radius 3 is 2.42 bits per heavy atom. The van der Waals surface area contributed by atoms with Gasteiger partial charge in [-0.1, -0.05) is 43.2 Å². The molecule has 4 heteroatoms. The third-order valence-electron chi connectivity index (χ3n) is 3.37. The van der Waals surface area contributed by atoms with Crippen molar-refractivity contribution in [1.82, 2.24) is 10.6 Å². The Hall–Kier alpha value is -1.84. The topological polar surface area (TPSA) is 58.2 Å². The van der Waals surface area contributed by atoms with Crippen molar-refractivity contribution >= 4 is 11.8 Å². The van der Waals surface area contributed by atoms with E-state index in [4.69, 9.17) is 0 Å². The predicted molar refractivity (Wildman–Crippen MR) is 73.3 cm³/mol. The van der Waals surface area contributed by atoms with Crippen molar-refractivity contribution in [2.24, 2.45) is 0 Å². The number of hydrogen-bond donors (Lipinski definition) is 2. The molecule has 0 saturated heterocycles. The summed E-state index contributed by atoms with van der Waals surface area (Å²) in [6.07, 6.45) is 4.34. The first-order chi connectivity index (χ1) is 9.24. The second-order valence-corrected chi connectivity index (χ2v) is 4.99. The zero-order valence-corrected chi connectivity index (χ0v) is 11.0. The normalized spacial score (nSPS) is 15.2. The maximum Gasteiger partial charge on any atom is 0.229 e. The van der Waals surface area contributed by atoms with Gasteiger partial charge >= 0.3 is 0 Å². The summed E-state index contributed by atoms with van der Waals surface area (Å²) < 4.78 is 0. The van der Waals surface area contributed by atoms with Crippen LogP contribution in [0.4, 0.5) is 0 Å². The summed E-state index contributed by atoms with van der Waals surface area (Å²) in [5.74, 6) is -0.392. The molecule has 102 valence electrons. The predicted octanol–water partition coefficient (Wildman–Crippen LogP) is 1.75. The van der Waals surface area contributed by atoms with Crippen LogP contribution in [0.3, 0.4) is 0 Å². The number of nitrogens with one attached hydrogen (secondary N) is 2. The molecule has 2 amide bonds. The van der Waals surface area contributed by atoms with Crippen LogP contribution in [0.15, 0.2) is 30.3 Å². The first-order valence-corrected chi connectivity index (χ1v) is 6.84. The van der Waals surface area contributed by atoms with Gasteiger partial charge in [-0.05, 0) is 18.4 Å². The molecule has 1 saturated carbocycles. The number of benzene rings is 1. The molecule has 1 aliphatic carbocycles. The maximum absolute atomic E-state index is 11.6. The molecule has 2 rings (SSSR count). The van der Waals surface area contributed by atoms with Gasteiger partial charge in [0.15, 0.2) is 0 Å². The fourth-order valence-corrected chi connectivity index (χ4v) is 2.35. The van der Waals surface area contributed by atoms with E-state index in [2.05, 4.69) is 10.6 Å². The van der Waals surface area contributed by atoms with Crippen LogP contribution < -0.4 is 10.6 Å². The van der Waals surface area contributed by atoms with Gasteiger partial charge in [0.2, 0.25) is 11.8 Å². The van der Waals surface area contributed by atoms with E-state index in [0.29, 0.717) is 6.54 Å². The largest absolute Gasteiger partial charge is 0.353 e. The monoisotopic (exact) mass is 260 g/mol. The van der Waals surface area contributed by atoms with Crippen molar-refractivity contribution in [3.8, 4) is 0 Å². The van der Waals surface area contributed by atoms with Gasteiger partial charge in [0.05, 0.1) is 0 Å². The molecule has 0 unspecified atom stereocenters.